The largest absolute Gasteiger partial charge is 0.398 e. The maximum Gasteiger partial charge on any atom is 0.228 e. The van der Waals surface area contributed by atoms with Crippen LogP contribution in [0.25, 0.3) is 0 Å². The third kappa shape index (κ3) is 4.13. The van der Waals surface area contributed by atoms with Crippen LogP contribution >= 0.6 is 23.2 Å². The van der Waals surface area contributed by atoms with Crippen molar-refractivity contribution in [2.45, 2.75) is 19.8 Å². The van der Waals surface area contributed by atoms with Crippen LogP contribution in [0.15, 0.2) is 36.4 Å². The molecular formula is C16H16Cl2N2O. The van der Waals surface area contributed by atoms with Crippen LogP contribution in [0.5, 0.6) is 0 Å². The van der Waals surface area contributed by atoms with Crippen LogP contribution in [0.2, 0.25) is 10.0 Å². The molecule has 0 unspecified atom stereocenters. The number of nitrogens with one attached hydrogen (secondary N) is 1. The van der Waals surface area contributed by atoms with E-state index in [1.807, 2.05) is 19.1 Å². The maximum absolute atomic E-state index is 12.0. The number of anilines is 2. The number of nitrogens with two attached hydrogens (primary N) is 1. The van der Waals surface area contributed by atoms with E-state index < -0.39 is 0 Å². The zero-order valence-corrected chi connectivity index (χ0v) is 13.1. The molecule has 1 amide bonds. The molecule has 3 nitrogen and oxygen atoms in total. The first-order valence-electron chi connectivity index (χ1n) is 6.61. The van der Waals surface area contributed by atoms with E-state index in [4.69, 9.17) is 28.9 Å². The Morgan fingerprint density at radius 3 is 2.52 bits per heavy atom. The van der Waals surface area contributed by atoms with Crippen LogP contribution in [0.1, 0.15) is 18.1 Å². The molecular weight excluding hydrogens is 307 g/mol. The molecule has 0 radical (unpaired) electrons. The molecule has 2 aromatic rings. The van der Waals surface area contributed by atoms with Gasteiger partial charge in [0, 0.05) is 11.4 Å². The van der Waals surface area contributed by atoms with E-state index in [1.54, 1.807) is 24.3 Å². The van der Waals surface area contributed by atoms with Gasteiger partial charge >= 0.3 is 0 Å². The van der Waals surface area contributed by atoms with E-state index in [0.29, 0.717) is 21.4 Å². The first-order valence-corrected chi connectivity index (χ1v) is 7.37. The van der Waals surface area contributed by atoms with Crippen LogP contribution in [-0.4, -0.2) is 5.91 Å². The minimum atomic E-state index is -0.128. The van der Waals surface area contributed by atoms with Gasteiger partial charge in [0.15, 0.2) is 0 Å². The number of hydrogen-bond donors (Lipinski definition) is 2. The molecule has 2 aromatic carbocycles. The number of benzene rings is 2. The van der Waals surface area contributed by atoms with Gasteiger partial charge in [0.2, 0.25) is 5.91 Å². The van der Waals surface area contributed by atoms with Crippen LogP contribution < -0.4 is 11.1 Å². The first-order chi connectivity index (χ1) is 9.99. The lowest BCUT2D eigenvalue weighted by molar-refractivity contribution is -0.115. The van der Waals surface area contributed by atoms with Crippen molar-refractivity contribution in [1.82, 2.24) is 0 Å². The number of amides is 1. The Morgan fingerprint density at radius 2 is 1.90 bits per heavy atom. The van der Waals surface area contributed by atoms with Crippen LogP contribution in [-0.2, 0) is 17.6 Å². The average Bonchev–Trinajstić information content (AvgIpc) is 2.43. The lowest BCUT2D eigenvalue weighted by Gasteiger charge is -2.09. The highest BCUT2D eigenvalue weighted by atomic mass is 35.5. The molecule has 0 aliphatic rings. The van der Waals surface area contributed by atoms with Gasteiger partial charge in [-0.15, -0.1) is 0 Å². The third-order valence-electron chi connectivity index (χ3n) is 3.16. The predicted octanol–water partition coefficient (Wildman–Crippen LogP) is 4.32. The Morgan fingerprint density at radius 1 is 1.14 bits per heavy atom. The molecule has 0 aliphatic heterocycles. The van der Waals surface area contributed by atoms with Crippen LogP contribution in [0.3, 0.4) is 0 Å². The second-order valence-corrected chi connectivity index (χ2v) is 5.55. The highest BCUT2D eigenvalue weighted by Crippen LogP contribution is 2.23. The molecule has 0 aromatic heterocycles. The van der Waals surface area contributed by atoms with Crippen LogP contribution in [0.4, 0.5) is 11.4 Å². The molecule has 0 saturated carbocycles. The Bertz CT molecular complexity index is 671. The summed E-state index contributed by atoms with van der Waals surface area (Å²) in [6.07, 6.45) is 1.09. The molecule has 21 heavy (non-hydrogen) atoms. The monoisotopic (exact) mass is 322 g/mol. The minimum absolute atomic E-state index is 0.128. The van der Waals surface area contributed by atoms with Crippen LogP contribution in [0, 0.1) is 0 Å². The lowest BCUT2D eigenvalue weighted by Crippen LogP contribution is -2.14. The molecule has 0 atom stereocenters. The molecule has 2 rings (SSSR count). The van der Waals surface area contributed by atoms with E-state index in [1.165, 1.54) is 0 Å². The molecule has 3 N–H and O–H groups in total. The Kier molecular flexibility index (Phi) is 5.10. The standard InChI is InChI=1S/C16H16Cl2N2O/c1-2-11-4-5-12(9-15(11)19)20-16(21)8-10-3-6-13(17)14(18)7-10/h3-7,9H,2,8,19H2,1H3,(H,20,21). The van der Waals surface area contributed by atoms with Crippen molar-refractivity contribution in [2.75, 3.05) is 11.1 Å². The van der Waals surface area contributed by atoms with Gasteiger partial charge in [0.1, 0.15) is 0 Å². The first kappa shape index (κ1) is 15.7. The highest BCUT2D eigenvalue weighted by Gasteiger charge is 2.07. The van der Waals surface area contributed by atoms with Gasteiger partial charge in [-0.25, -0.2) is 0 Å². The van der Waals surface area contributed by atoms with E-state index in [2.05, 4.69) is 5.32 Å². The molecule has 0 fully saturated rings. The van der Waals surface area contributed by atoms with Crippen molar-refractivity contribution in [3.63, 3.8) is 0 Å². The van der Waals surface area contributed by atoms with Gasteiger partial charge in [-0.1, -0.05) is 42.3 Å². The number of rotatable bonds is 4. The van der Waals surface area contributed by atoms with Crippen molar-refractivity contribution in [1.29, 1.82) is 0 Å². The van der Waals surface area contributed by atoms with Gasteiger partial charge in [-0.3, -0.25) is 4.79 Å². The molecule has 0 bridgehead atoms. The van der Waals surface area contributed by atoms with Crippen molar-refractivity contribution in [3.05, 3.63) is 57.6 Å². The summed E-state index contributed by atoms with van der Waals surface area (Å²) >= 11 is 11.8. The molecule has 5 heteroatoms. The van der Waals surface area contributed by atoms with E-state index >= 15 is 0 Å². The van der Waals surface area contributed by atoms with Crippen molar-refractivity contribution >= 4 is 40.5 Å². The molecule has 0 heterocycles. The number of carbonyl (C=O) groups excluding carboxylic acids is 1. The predicted molar refractivity (Wildman–Crippen MR) is 89.0 cm³/mol. The number of carbonyl (C=O) groups is 1. The normalized spacial score (nSPS) is 10.4. The van der Waals surface area contributed by atoms with Gasteiger partial charge in [-0.2, -0.15) is 0 Å². The van der Waals surface area contributed by atoms with Gasteiger partial charge in [-0.05, 0) is 41.8 Å². The minimum Gasteiger partial charge on any atom is -0.398 e. The van der Waals surface area contributed by atoms with Crippen molar-refractivity contribution in [2.24, 2.45) is 0 Å². The van der Waals surface area contributed by atoms with E-state index in [-0.39, 0.29) is 12.3 Å². The third-order valence-corrected chi connectivity index (χ3v) is 3.90. The molecule has 0 spiro atoms. The number of aryl methyl sites for hydroxylation is 1. The smallest absolute Gasteiger partial charge is 0.228 e. The molecule has 0 aliphatic carbocycles. The average molecular weight is 323 g/mol. The van der Waals surface area contributed by atoms with E-state index in [9.17, 15) is 4.79 Å². The van der Waals surface area contributed by atoms with Gasteiger partial charge in [0.05, 0.1) is 16.5 Å². The van der Waals surface area contributed by atoms with Gasteiger partial charge < -0.3 is 11.1 Å². The number of halogens is 2. The van der Waals surface area contributed by atoms with Crippen molar-refractivity contribution in [3.8, 4) is 0 Å². The fourth-order valence-corrected chi connectivity index (χ4v) is 2.36. The summed E-state index contributed by atoms with van der Waals surface area (Å²) in [6.45, 7) is 2.04. The summed E-state index contributed by atoms with van der Waals surface area (Å²) in [5.74, 6) is -0.128. The topological polar surface area (TPSA) is 55.1 Å². The number of hydrogen-bond acceptors (Lipinski definition) is 2. The van der Waals surface area contributed by atoms with Crippen molar-refractivity contribution < 1.29 is 4.79 Å². The Hall–Kier alpha value is -1.71. The summed E-state index contributed by atoms with van der Waals surface area (Å²) in [6, 6.07) is 10.7. The summed E-state index contributed by atoms with van der Waals surface area (Å²) < 4.78 is 0. The molecule has 110 valence electrons. The second-order valence-electron chi connectivity index (χ2n) is 4.74. The molecule has 0 saturated heterocycles. The van der Waals surface area contributed by atoms with Gasteiger partial charge in [0.25, 0.3) is 0 Å². The van der Waals surface area contributed by atoms with E-state index in [0.717, 1.165) is 17.5 Å². The number of nitrogen functional groups attached to an aromatic ring is 1. The Labute approximate surface area is 134 Å². The summed E-state index contributed by atoms with van der Waals surface area (Å²) in [5, 5.41) is 3.74. The fourth-order valence-electron chi connectivity index (χ4n) is 2.03. The maximum atomic E-state index is 12.0. The fraction of sp³-hybridized carbons (Fsp3) is 0.188. The highest BCUT2D eigenvalue weighted by molar-refractivity contribution is 6.42. The summed E-state index contributed by atoms with van der Waals surface area (Å²) in [5.41, 5.74) is 9.16. The lowest BCUT2D eigenvalue weighted by atomic mass is 10.1. The zero-order valence-electron chi connectivity index (χ0n) is 11.6. The second kappa shape index (κ2) is 6.83. The SMILES string of the molecule is CCc1ccc(NC(=O)Cc2ccc(Cl)c(Cl)c2)cc1N. The Balaban J connectivity index is 2.04. The summed E-state index contributed by atoms with van der Waals surface area (Å²) in [7, 11) is 0. The summed E-state index contributed by atoms with van der Waals surface area (Å²) in [4.78, 5) is 12.0. The quantitative estimate of drug-likeness (QED) is 0.823. The zero-order chi connectivity index (χ0) is 15.4.